The minimum atomic E-state index is -0.952. The molecule has 0 unspecified atom stereocenters. The van der Waals surface area contributed by atoms with Gasteiger partial charge in [0.1, 0.15) is 18.7 Å². The molecule has 0 radical (unpaired) electrons. The number of nitrogens with one attached hydrogen (secondary N) is 2. The fourth-order valence-electron chi connectivity index (χ4n) is 1.56. The van der Waals surface area contributed by atoms with Gasteiger partial charge in [0.25, 0.3) is 17.4 Å². The Morgan fingerprint density at radius 2 is 1.54 bits per heavy atom. The molecule has 0 aromatic carbocycles. The van der Waals surface area contributed by atoms with E-state index in [-0.39, 0.29) is 5.56 Å². The smallest absolute Gasteiger partial charge is 0.325 e. The molecule has 2 N–H and O–H groups in total. The van der Waals surface area contributed by atoms with Crippen molar-refractivity contribution >= 4 is 23.8 Å². The van der Waals surface area contributed by atoms with E-state index in [9.17, 15) is 24.0 Å². The summed E-state index contributed by atoms with van der Waals surface area (Å²) in [5.74, 6) is -3.26. The summed E-state index contributed by atoms with van der Waals surface area (Å²) in [4.78, 5) is 58.4. The van der Waals surface area contributed by atoms with Crippen LogP contribution in [0.25, 0.3) is 0 Å². The number of amides is 2. The van der Waals surface area contributed by atoms with Crippen LogP contribution in [-0.4, -0.2) is 60.8 Å². The van der Waals surface area contributed by atoms with Crippen molar-refractivity contribution < 1.29 is 28.7 Å². The van der Waals surface area contributed by atoms with E-state index in [1.165, 1.54) is 7.05 Å². The van der Waals surface area contributed by atoms with Crippen LogP contribution in [0.3, 0.4) is 0 Å². The molecule has 24 heavy (non-hydrogen) atoms. The van der Waals surface area contributed by atoms with Gasteiger partial charge in [-0.2, -0.15) is 5.10 Å². The Labute approximate surface area is 135 Å². The molecule has 0 spiro atoms. The summed E-state index contributed by atoms with van der Waals surface area (Å²) in [6, 6.07) is 0. The van der Waals surface area contributed by atoms with Crippen LogP contribution < -0.4 is 16.2 Å². The highest BCUT2D eigenvalue weighted by Crippen LogP contribution is 2.02. The van der Waals surface area contributed by atoms with Gasteiger partial charge in [-0.25, -0.2) is 4.68 Å². The summed E-state index contributed by atoms with van der Waals surface area (Å²) >= 11 is 0. The minimum Gasteiger partial charge on any atom is -0.468 e. The lowest BCUT2D eigenvalue weighted by Crippen LogP contribution is -2.40. The van der Waals surface area contributed by atoms with Crippen molar-refractivity contribution in [1.82, 2.24) is 20.4 Å². The third-order valence-corrected chi connectivity index (χ3v) is 2.85. The Balaban J connectivity index is 3.09. The standard InChI is InChI=1S/C13H16N4O7/c1-17-13(22)10(12(21)15-6-9(19)24-3)7(4-16-17)11(20)14-5-8(18)23-2/h4H,5-6H2,1-3H3,(H,14,20)(H,15,21). The number of nitrogens with zero attached hydrogens (tertiary/aromatic N) is 2. The van der Waals surface area contributed by atoms with Gasteiger partial charge in [-0.15, -0.1) is 0 Å². The molecule has 0 atom stereocenters. The van der Waals surface area contributed by atoms with Gasteiger partial charge in [-0.1, -0.05) is 0 Å². The van der Waals surface area contributed by atoms with Crippen LogP contribution in [0.1, 0.15) is 20.7 Å². The number of aryl methyl sites for hydroxylation is 1. The number of carbonyl (C=O) groups excluding carboxylic acids is 4. The number of esters is 2. The number of ether oxygens (including phenoxy) is 2. The van der Waals surface area contributed by atoms with Crippen LogP contribution >= 0.6 is 0 Å². The monoisotopic (exact) mass is 340 g/mol. The summed E-state index contributed by atoms with van der Waals surface area (Å²) in [7, 11) is 3.56. The third kappa shape index (κ3) is 4.63. The molecule has 2 amide bonds. The van der Waals surface area contributed by atoms with E-state index in [0.717, 1.165) is 25.1 Å². The van der Waals surface area contributed by atoms with Crippen molar-refractivity contribution in [3.8, 4) is 0 Å². The predicted molar refractivity (Wildman–Crippen MR) is 78.2 cm³/mol. The van der Waals surface area contributed by atoms with Crippen LogP contribution in [-0.2, 0) is 26.1 Å². The molecule has 0 aliphatic carbocycles. The maximum atomic E-state index is 12.1. The molecule has 1 rings (SSSR count). The minimum absolute atomic E-state index is 0.343. The maximum Gasteiger partial charge on any atom is 0.325 e. The van der Waals surface area contributed by atoms with Crippen molar-refractivity contribution in [3.05, 3.63) is 27.7 Å². The summed E-state index contributed by atoms with van der Waals surface area (Å²) in [6.07, 6.45) is 1.00. The second-order valence-corrected chi connectivity index (χ2v) is 4.38. The van der Waals surface area contributed by atoms with E-state index in [4.69, 9.17) is 0 Å². The molecule has 0 aliphatic rings. The molecule has 1 aromatic heterocycles. The molecule has 11 nitrogen and oxygen atoms in total. The number of carbonyl (C=O) groups is 4. The SMILES string of the molecule is COC(=O)CNC(=O)c1cnn(C)c(=O)c1C(=O)NCC(=O)OC. The van der Waals surface area contributed by atoms with Gasteiger partial charge in [0.05, 0.1) is 26.0 Å². The number of aromatic nitrogens is 2. The summed E-state index contributed by atoms with van der Waals surface area (Å²) < 4.78 is 9.59. The second kappa shape index (κ2) is 8.41. The zero-order valence-corrected chi connectivity index (χ0v) is 13.2. The van der Waals surface area contributed by atoms with E-state index >= 15 is 0 Å². The van der Waals surface area contributed by atoms with Crippen molar-refractivity contribution in [2.24, 2.45) is 7.05 Å². The first-order chi connectivity index (χ1) is 11.3. The first-order valence-corrected chi connectivity index (χ1v) is 6.58. The van der Waals surface area contributed by atoms with Gasteiger partial charge in [0.15, 0.2) is 0 Å². The Bertz CT molecular complexity index is 726. The average Bonchev–Trinajstić information content (AvgIpc) is 2.58. The highest BCUT2D eigenvalue weighted by atomic mass is 16.5. The summed E-state index contributed by atoms with van der Waals surface area (Å²) in [5.41, 5.74) is -1.70. The Morgan fingerprint density at radius 1 is 1.04 bits per heavy atom. The van der Waals surface area contributed by atoms with Gasteiger partial charge in [-0.3, -0.25) is 24.0 Å². The van der Waals surface area contributed by atoms with Crippen LogP contribution in [0.15, 0.2) is 11.0 Å². The molecule has 0 bridgehead atoms. The molecular weight excluding hydrogens is 324 g/mol. The van der Waals surface area contributed by atoms with Gasteiger partial charge in [0.2, 0.25) is 0 Å². The quantitative estimate of drug-likeness (QED) is 0.544. The topological polar surface area (TPSA) is 146 Å². The van der Waals surface area contributed by atoms with Crippen LogP contribution in [0, 0.1) is 0 Å². The zero-order valence-electron chi connectivity index (χ0n) is 13.2. The molecular formula is C13H16N4O7. The van der Waals surface area contributed by atoms with Crippen molar-refractivity contribution in [2.45, 2.75) is 0 Å². The first kappa shape index (κ1) is 18.8. The largest absolute Gasteiger partial charge is 0.468 e. The highest BCUT2D eigenvalue weighted by Gasteiger charge is 2.23. The predicted octanol–water partition coefficient (Wildman–Crippen LogP) is -2.41. The maximum absolute atomic E-state index is 12.1. The molecule has 0 saturated carbocycles. The van der Waals surface area contributed by atoms with Crippen LogP contribution in [0.2, 0.25) is 0 Å². The number of rotatable bonds is 6. The molecule has 130 valence electrons. The average molecular weight is 340 g/mol. The number of hydrogen-bond donors (Lipinski definition) is 2. The Morgan fingerprint density at radius 3 is 2.04 bits per heavy atom. The summed E-state index contributed by atoms with van der Waals surface area (Å²) in [6.45, 7) is -0.933. The fraction of sp³-hybridized carbons (Fsp3) is 0.385. The van der Waals surface area contributed by atoms with Crippen molar-refractivity contribution in [2.75, 3.05) is 27.3 Å². The van der Waals surface area contributed by atoms with Gasteiger partial charge < -0.3 is 20.1 Å². The molecule has 0 fully saturated rings. The molecule has 0 aliphatic heterocycles. The Hall–Kier alpha value is -3.24. The van der Waals surface area contributed by atoms with E-state index in [2.05, 4.69) is 25.2 Å². The Kier molecular flexibility index (Phi) is 6.59. The normalized spacial score (nSPS) is 9.79. The van der Waals surface area contributed by atoms with E-state index < -0.39 is 48.0 Å². The highest BCUT2D eigenvalue weighted by molar-refractivity contribution is 6.07. The molecule has 1 heterocycles. The summed E-state index contributed by atoms with van der Waals surface area (Å²) in [5, 5.41) is 8.01. The van der Waals surface area contributed by atoms with Gasteiger partial charge >= 0.3 is 11.9 Å². The third-order valence-electron chi connectivity index (χ3n) is 2.85. The van der Waals surface area contributed by atoms with Gasteiger partial charge in [0, 0.05) is 7.05 Å². The first-order valence-electron chi connectivity index (χ1n) is 6.58. The number of methoxy groups -OCH3 is 2. The zero-order chi connectivity index (χ0) is 18.3. The van der Waals surface area contributed by atoms with E-state index in [1.807, 2.05) is 0 Å². The van der Waals surface area contributed by atoms with Crippen molar-refractivity contribution in [3.63, 3.8) is 0 Å². The molecule has 11 heteroatoms. The lowest BCUT2D eigenvalue weighted by molar-refractivity contribution is -0.140. The van der Waals surface area contributed by atoms with E-state index in [0.29, 0.717) is 0 Å². The van der Waals surface area contributed by atoms with Crippen LogP contribution in [0.5, 0.6) is 0 Å². The van der Waals surface area contributed by atoms with E-state index in [1.54, 1.807) is 0 Å². The van der Waals surface area contributed by atoms with Crippen molar-refractivity contribution in [1.29, 1.82) is 0 Å². The molecule has 1 aromatic rings. The van der Waals surface area contributed by atoms with Gasteiger partial charge in [-0.05, 0) is 0 Å². The molecule has 0 saturated heterocycles. The fourth-order valence-corrected chi connectivity index (χ4v) is 1.56. The lowest BCUT2D eigenvalue weighted by Gasteiger charge is -2.10. The second-order valence-electron chi connectivity index (χ2n) is 4.38. The lowest BCUT2D eigenvalue weighted by atomic mass is 10.1. The number of hydrogen-bond acceptors (Lipinski definition) is 8. The van der Waals surface area contributed by atoms with Crippen LogP contribution in [0.4, 0.5) is 0 Å².